The highest BCUT2D eigenvalue weighted by Gasteiger charge is 2.27. The summed E-state index contributed by atoms with van der Waals surface area (Å²) in [4.78, 5) is 5.01. The third kappa shape index (κ3) is 5.32. The molecule has 0 N–H and O–H groups in total. The van der Waals surface area contributed by atoms with Gasteiger partial charge in [-0.15, -0.1) is 0 Å². The van der Waals surface area contributed by atoms with Crippen molar-refractivity contribution in [2.45, 2.75) is 52.3 Å². The lowest BCUT2D eigenvalue weighted by Gasteiger charge is -2.27. The molecule has 5 aromatic carbocycles. The number of nitrogens with zero attached hydrogens (tertiary/aromatic N) is 4. The van der Waals surface area contributed by atoms with E-state index in [4.69, 9.17) is 9.10 Å². The molecule has 0 saturated heterocycles. The SMILES string of the molecule is [2H]C([2H])([2H])c1cc(C)n(-c2cccc(C(C)(C)c3ccc4c5cc(-c6ccccc6)ccc5n(-c5cc(C(C)(C)c6ccccc6)ccn5)c4c3)c2)n1. The number of rotatable bonds is 7. The summed E-state index contributed by atoms with van der Waals surface area (Å²) in [5.41, 5.74) is 10.3. The monoisotopic (exact) mass is 653 g/mol. The summed E-state index contributed by atoms with van der Waals surface area (Å²) in [5, 5.41) is 6.80. The summed E-state index contributed by atoms with van der Waals surface area (Å²) < 4.78 is 27.7. The second-order valence-electron chi connectivity index (χ2n) is 14.3. The quantitative estimate of drug-likeness (QED) is 0.172. The molecule has 3 heterocycles. The zero-order valence-electron chi connectivity index (χ0n) is 32.1. The van der Waals surface area contributed by atoms with Crippen molar-refractivity contribution >= 4 is 21.8 Å². The van der Waals surface area contributed by atoms with Crippen LogP contribution in [0.5, 0.6) is 0 Å². The zero-order chi connectivity index (χ0) is 37.1. The van der Waals surface area contributed by atoms with E-state index in [9.17, 15) is 0 Å². The molecule has 0 radical (unpaired) electrons. The Balaban J connectivity index is 1.30. The van der Waals surface area contributed by atoms with Gasteiger partial charge in [0.2, 0.25) is 0 Å². The van der Waals surface area contributed by atoms with Crippen LogP contribution in [0.3, 0.4) is 0 Å². The molecule has 0 aliphatic carbocycles. The summed E-state index contributed by atoms with van der Waals surface area (Å²) in [5.74, 6) is 0.870. The summed E-state index contributed by atoms with van der Waals surface area (Å²) >= 11 is 0. The van der Waals surface area contributed by atoms with Crippen LogP contribution in [-0.4, -0.2) is 19.3 Å². The zero-order valence-corrected chi connectivity index (χ0v) is 29.1. The van der Waals surface area contributed by atoms with E-state index < -0.39 is 12.3 Å². The largest absolute Gasteiger partial charge is 0.294 e. The molecule has 0 atom stereocenters. The van der Waals surface area contributed by atoms with E-state index in [0.29, 0.717) is 0 Å². The van der Waals surface area contributed by atoms with E-state index in [0.717, 1.165) is 44.7 Å². The Morgan fingerprint density at radius 1 is 0.560 bits per heavy atom. The van der Waals surface area contributed by atoms with Crippen molar-refractivity contribution in [2.75, 3.05) is 0 Å². The van der Waals surface area contributed by atoms with Crippen LogP contribution in [0.2, 0.25) is 0 Å². The fourth-order valence-corrected chi connectivity index (χ4v) is 7.35. The molecular formula is C46H42N4. The second-order valence-corrected chi connectivity index (χ2v) is 14.3. The van der Waals surface area contributed by atoms with Gasteiger partial charge in [-0.25, -0.2) is 9.67 Å². The maximum Gasteiger partial charge on any atom is 0.137 e. The topological polar surface area (TPSA) is 35.6 Å². The molecule has 0 fully saturated rings. The summed E-state index contributed by atoms with van der Waals surface area (Å²) in [6.07, 6.45) is 1.93. The molecule has 0 aliphatic heterocycles. The Bertz CT molecular complexity index is 2610. The van der Waals surface area contributed by atoms with E-state index in [2.05, 4.69) is 153 Å². The highest BCUT2D eigenvalue weighted by Crippen LogP contribution is 2.40. The lowest BCUT2D eigenvalue weighted by Crippen LogP contribution is -2.20. The van der Waals surface area contributed by atoms with Crippen LogP contribution in [-0.2, 0) is 10.8 Å². The van der Waals surface area contributed by atoms with Crippen LogP contribution in [0.15, 0.2) is 146 Å². The van der Waals surface area contributed by atoms with E-state index >= 15 is 0 Å². The molecule has 0 saturated carbocycles. The first-order valence-corrected chi connectivity index (χ1v) is 17.2. The number of hydrogen-bond donors (Lipinski definition) is 0. The van der Waals surface area contributed by atoms with Crippen LogP contribution in [0.4, 0.5) is 0 Å². The fraction of sp³-hybridized carbons (Fsp3) is 0.174. The van der Waals surface area contributed by atoms with Crippen molar-refractivity contribution in [3.8, 4) is 22.6 Å². The molecule has 246 valence electrons. The summed E-state index contributed by atoms with van der Waals surface area (Å²) in [6.45, 7) is 8.62. The molecule has 0 unspecified atom stereocenters. The normalized spacial score (nSPS) is 13.3. The number of hydrogen-bond acceptors (Lipinski definition) is 2. The average molecular weight is 654 g/mol. The van der Waals surface area contributed by atoms with Gasteiger partial charge in [-0.2, -0.15) is 5.10 Å². The summed E-state index contributed by atoms with van der Waals surface area (Å²) in [7, 11) is 0. The van der Waals surface area contributed by atoms with Gasteiger partial charge >= 0.3 is 0 Å². The molecule has 4 heteroatoms. The van der Waals surface area contributed by atoms with E-state index in [1.54, 1.807) is 10.7 Å². The first kappa shape index (κ1) is 28.1. The van der Waals surface area contributed by atoms with Crippen LogP contribution in [0, 0.1) is 13.8 Å². The van der Waals surface area contributed by atoms with Crippen molar-refractivity contribution < 1.29 is 4.11 Å². The first-order chi connectivity index (χ1) is 25.3. The van der Waals surface area contributed by atoms with Crippen molar-refractivity contribution in [1.82, 2.24) is 19.3 Å². The molecule has 0 bridgehead atoms. The predicted octanol–water partition coefficient (Wildman–Crippen LogP) is 11.3. The maximum atomic E-state index is 7.87. The van der Waals surface area contributed by atoms with Gasteiger partial charge in [-0.1, -0.05) is 119 Å². The standard InChI is InChI=1S/C46H42N4/c1-31-26-32(2)50(48-31)39-19-13-18-36(28-39)46(5,6)37-21-22-40-41-27-34(33-14-9-7-10-15-33)20-23-42(41)49(43(40)29-37)44-30-38(24-25-47-44)45(3,4)35-16-11-8-12-17-35/h7-30H,1-6H3/i1D3. The fourth-order valence-electron chi connectivity index (χ4n) is 7.35. The molecular weight excluding hydrogens is 609 g/mol. The van der Waals surface area contributed by atoms with Gasteiger partial charge in [-0.05, 0) is 95.7 Å². The third-order valence-corrected chi connectivity index (χ3v) is 10.5. The van der Waals surface area contributed by atoms with E-state index in [1.807, 2.05) is 31.3 Å². The van der Waals surface area contributed by atoms with Crippen LogP contribution < -0.4 is 0 Å². The smallest absolute Gasteiger partial charge is 0.137 e. The van der Waals surface area contributed by atoms with Gasteiger partial charge < -0.3 is 0 Å². The highest BCUT2D eigenvalue weighted by atomic mass is 15.3. The van der Waals surface area contributed by atoms with Crippen LogP contribution in [0.1, 0.15) is 65.4 Å². The Kier molecular flexibility index (Phi) is 6.75. The second kappa shape index (κ2) is 12.0. The number of benzene rings is 5. The van der Waals surface area contributed by atoms with Crippen molar-refractivity contribution in [3.63, 3.8) is 0 Å². The van der Waals surface area contributed by atoms with Crippen LogP contribution >= 0.6 is 0 Å². The average Bonchev–Trinajstić information content (AvgIpc) is 3.73. The molecule has 3 aromatic heterocycles. The number of aromatic nitrogens is 4. The highest BCUT2D eigenvalue weighted by molar-refractivity contribution is 6.10. The Labute approximate surface area is 298 Å². The first-order valence-electron chi connectivity index (χ1n) is 18.7. The Morgan fingerprint density at radius 2 is 1.26 bits per heavy atom. The van der Waals surface area contributed by atoms with Gasteiger partial charge in [0.05, 0.1) is 22.4 Å². The minimum Gasteiger partial charge on any atom is -0.294 e. The lowest BCUT2D eigenvalue weighted by molar-refractivity contribution is 0.638. The van der Waals surface area contributed by atoms with Gasteiger partial charge in [0.15, 0.2) is 0 Å². The Morgan fingerprint density at radius 3 is 2.02 bits per heavy atom. The van der Waals surface area contributed by atoms with E-state index in [-0.39, 0.29) is 11.1 Å². The maximum absolute atomic E-state index is 7.87. The molecule has 50 heavy (non-hydrogen) atoms. The molecule has 0 spiro atoms. The van der Waals surface area contributed by atoms with Crippen molar-refractivity contribution in [3.05, 3.63) is 179 Å². The van der Waals surface area contributed by atoms with Gasteiger partial charge in [-0.3, -0.25) is 4.57 Å². The molecule has 8 aromatic rings. The minimum atomic E-state index is -2.27. The number of pyridine rings is 1. The van der Waals surface area contributed by atoms with Gasteiger partial charge in [0.25, 0.3) is 0 Å². The molecule has 0 aliphatic rings. The summed E-state index contributed by atoms with van der Waals surface area (Å²) in [6, 6.07) is 48.9. The molecule has 8 rings (SSSR count). The van der Waals surface area contributed by atoms with Crippen molar-refractivity contribution in [1.29, 1.82) is 0 Å². The lowest BCUT2D eigenvalue weighted by atomic mass is 9.77. The minimum absolute atomic E-state index is 0.0956. The number of fused-ring (bicyclic) bond motifs is 3. The van der Waals surface area contributed by atoms with E-state index in [1.165, 1.54) is 27.6 Å². The van der Waals surface area contributed by atoms with Gasteiger partial charge in [0, 0.05) is 37.6 Å². The third-order valence-electron chi connectivity index (χ3n) is 10.5. The van der Waals surface area contributed by atoms with Crippen LogP contribution in [0.25, 0.3) is 44.4 Å². The van der Waals surface area contributed by atoms with Crippen molar-refractivity contribution in [2.24, 2.45) is 0 Å². The predicted molar refractivity (Wildman–Crippen MR) is 208 cm³/mol. The number of aryl methyl sites for hydroxylation is 2. The molecule has 0 amide bonds. The Hall–Kier alpha value is -5.74. The van der Waals surface area contributed by atoms with Gasteiger partial charge in [0.1, 0.15) is 5.82 Å². The molecule has 4 nitrogen and oxygen atoms in total.